The van der Waals surface area contributed by atoms with Gasteiger partial charge in [0.2, 0.25) is 11.7 Å². The molecule has 0 bridgehead atoms. The number of rotatable bonds is 5. The molecule has 0 aliphatic carbocycles. The Balaban J connectivity index is 1.70. The van der Waals surface area contributed by atoms with Crippen LogP contribution in [0.3, 0.4) is 0 Å². The molecule has 1 atom stereocenters. The van der Waals surface area contributed by atoms with Gasteiger partial charge in [-0.25, -0.2) is 15.0 Å². The Morgan fingerprint density at radius 2 is 2.06 bits per heavy atom. The summed E-state index contributed by atoms with van der Waals surface area (Å²) in [5.74, 6) is 2.23. The number of amides is 1. The summed E-state index contributed by atoms with van der Waals surface area (Å²) in [6.45, 7) is 4.82. The van der Waals surface area contributed by atoms with Gasteiger partial charge in [0.25, 0.3) is 5.91 Å². The van der Waals surface area contributed by atoms with Gasteiger partial charge in [0, 0.05) is 51.8 Å². The summed E-state index contributed by atoms with van der Waals surface area (Å²) in [4.78, 5) is 30.6. The molecule has 0 spiro atoms. The van der Waals surface area contributed by atoms with E-state index in [0.29, 0.717) is 36.4 Å². The Hall–Kier alpha value is -3.42. The molecule has 8 heteroatoms. The molecule has 168 valence electrons. The number of likely N-dealkylation sites (tertiary alicyclic amines) is 1. The van der Waals surface area contributed by atoms with Crippen LogP contribution in [0.2, 0.25) is 0 Å². The number of ether oxygens (including phenoxy) is 1. The number of hydrogen-bond donors (Lipinski definition) is 0. The highest BCUT2D eigenvalue weighted by molar-refractivity contribution is 5.92. The van der Waals surface area contributed by atoms with Crippen molar-refractivity contribution < 1.29 is 13.9 Å². The molecule has 1 aliphatic heterocycles. The molecule has 3 heterocycles. The topological polar surface area (TPSA) is 84.6 Å². The van der Waals surface area contributed by atoms with Crippen LogP contribution >= 0.6 is 0 Å². The quantitative estimate of drug-likeness (QED) is 0.602. The van der Waals surface area contributed by atoms with E-state index in [1.807, 2.05) is 54.4 Å². The van der Waals surface area contributed by atoms with Gasteiger partial charge in [-0.3, -0.25) is 4.79 Å². The molecule has 1 aromatic carbocycles. The molecule has 1 amide bonds. The maximum atomic E-state index is 13.2. The van der Waals surface area contributed by atoms with Crippen LogP contribution in [0.25, 0.3) is 11.1 Å². The van der Waals surface area contributed by atoms with Crippen LogP contribution in [-0.2, 0) is 0 Å². The molecule has 1 aliphatic rings. The minimum atomic E-state index is -0.113. The van der Waals surface area contributed by atoms with E-state index in [4.69, 9.17) is 14.1 Å². The number of aromatic nitrogens is 3. The van der Waals surface area contributed by atoms with Crippen molar-refractivity contribution in [2.24, 2.45) is 0 Å². The number of benzene rings is 1. The summed E-state index contributed by atoms with van der Waals surface area (Å²) in [7, 11) is 5.51. The standard InChI is InChI=1S/C24H29N5O3/c1-15-22(32-16(2)26-15)23(30)29-11-7-9-18(14-29)21-20(13-25-24(27-21)28(3)4)17-8-6-10-19(12-17)31-5/h6,8,10,12-13,18H,7,9,11,14H2,1-5H3/t18-/m0/s1. The molecule has 1 saturated heterocycles. The minimum absolute atomic E-state index is 0.0833. The predicted molar refractivity (Wildman–Crippen MR) is 122 cm³/mol. The second kappa shape index (κ2) is 8.98. The van der Waals surface area contributed by atoms with E-state index in [9.17, 15) is 4.79 Å². The molecule has 32 heavy (non-hydrogen) atoms. The highest BCUT2D eigenvalue weighted by atomic mass is 16.5. The van der Waals surface area contributed by atoms with Crippen LogP contribution in [0.15, 0.2) is 34.9 Å². The van der Waals surface area contributed by atoms with E-state index < -0.39 is 0 Å². The normalized spacial score (nSPS) is 16.2. The molecule has 2 aromatic heterocycles. The van der Waals surface area contributed by atoms with E-state index >= 15 is 0 Å². The van der Waals surface area contributed by atoms with E-state index in [1.165, 1.54) is 0 Å². The van der Waals surface area contributed by atoms with Crippen molar-refractivity contribution in [1.82, 2.24) is 19.9 Å². The van der Waals surface area contributed by atoms with Crippen molar-refractivity contribution in [3.8, 4) is 16.9 Å². The van der Waals surface area contributed by atoms with Crippen LogP contribution in [-0.4, -0.2) is 60.1 Å². The van der Waals surface area contributed by atoms with Gasteiger partial charge in [-0.05, 0) is 37.5 Å². The first-order chi connectivity index (χ1) is 15.4. The van der Waals surface area contributed by atoms with Crippen LogP contribution in [0, 0.1) is 13.8 Å². The van der Waals surface area contributed by atoms with E-state index in [-0.39, 0.29) is 11.8 Å². The fourth-order valence-corrected chi connectivity index (χ4v) is 4.18. The molecule has 0 radical (unpaired) electrons. The van der Waals surface area contributed by atoms with E-state index in [2.05, 4.69) is 9.97 Å². The first-order valence-electron chi connectivity index (χ1n) is 10.8. The second-order valence-electron chi connectivity index (χ2n) is 8.33. The Morgan fingerprint density at radius 1 is 1.25 bits per heavy atom. The average molecular weight is 436 g/mol. The lowest BCUT2D eigenvalue weighted by Gasteiger charge is -2.33. The maximum absolute atomic E-state index is 13.2. The smallest absolute Gasteiger partial charge is 0.291 e. The lowest BCUT2D eigenvalue weighted by atomic mass is 9.89. The van der Waals surface area contributed by atoms with Crippen molar-refractivity contribution >= 4 is 11.9 Å². The van der Waals surface area contributed by atoms with Crippen molar-refractivity contribution in [2.75, 3.05) is 39.2 Å². The lowest BCUT2D eigenvalue weighted by Crippen LogP contribution is -2.39. The first-order valence-corrected chi connectivity index (χ1v) is 10.8. The van der Waals surface area contributed by atoms with Gasteiger partial charge in [0.05, 0.1) is 18.5 Å². The van der Waals surface area contributed by atoms with Gasteiger partial charge in [0.15, 0.2) is 5.89 Å². The monoisotopic (exact) mass is 435 g/mol. The molecule has 8 nitrogen and oxygen atoms in total. The van der Waals surface area contributed by atoms with Crippen molar-refractivity contribution in [1.29, 1.82) is 0 Å². The fourth-order valence-electron chi connectivity index (χ4n) is 4.18. The number of nitrogens with zero attached hydrogens (tertiary/aromatic N) is 5. The Morgan fingerprint density at radius 3 is 2.75 bits per heavy atom. The first kappa shape index (κ1) is 21.8. The number of oxazole rings is 1. The largest absolute Gasteiger partial charge is 0.497 e. The molecule has 3 aromatic rings. The SMILES string of the molecule is COc1cccc(-c2cnc(N(C)C)nc2[C@H]2CCCN(C(=O)c3oc(C)nc3C)C2)c1. The number of carbonyl (C=O) groups is 1. The zero-order chi connectivity index (χ0) is 22.8. The average Bonchev–Trinajstić information content (AvgIpc) is 3.16. The third-order valence-electron chi connectivity index (χ3n) is 5.78. The van der Waals surface area contributed by atoms with Gasteiger partial charge >= 0.3 is 0 Å². The molecular weight excluding hydrogens is 406 g/mol. The summed E-state index contributed by atoms with van der Waals surface area (Å²) >= 11 is 0. The van der Waals surface area contributed by atoms with E-state index in [0.717, 1.165) is 35.4 Å². The van der Waals surface area contributed by atoms with Gasteiger partial charge in [-0.1, -0.05) is 12.1 Å². The second-order valence-corrected chi connectivity index (χ2v) is 8.33. The number of piperidine rings is 1. The van der Waals surface area contributed by atoms with Gasteiger partial charge < -0.3 is 19.0 Å². The third-order valence-corrected chi connectivity index (χ3v) is 5.78. The molecule has 0 saturated carbocycles. The van der Waals surface area contributed by atoms with Crippen LogP contribution in [0.1, 0.15) is 46.6 Å². The maximum Gasteiger partial charge on any atom is 0.291 e. The van der Waals surface area contributed by atoms with Crippen LogP contribution in [0.5, 0.6) is 5.75 Å². The number of anilines is 1. The summed E-state index contributed by atoms with van der Waals surface area (Å²) < 4.78 is 11.0. The molecule has 4 rings (SSSR count). The highest BCUT2D eigenvalue weighted by Gasteiger charge is 2.31. The number of carbonyl (C=O) groups excluding carboxylic acids is 1. The molecular formula is C24H29N5O3. The summed E-state index contributed by atoms with van der Waals surface area (Å²) in [5.41, 5.74) is 3.53. The van der Waals surface area contributed by atoms with Crippen LogP contribution in [0.4, 0.5) is 5.95 Å². The minimum Gasteiger partial charge on any atom is -0.497 e. The molecule has 0 unspecified atom stereocenters. The fraction of sp³-hybridized carbons (Fsp3) is 0.417. The summed E-state index contributed by atoms with van der Waals surface area (Å²) in [6.07, 6.45) is 3.71. The zero-order valence-electron chi connectivity index (χ0n) is 19.3. The summed E-state index contributed by atoms with van der Waals surface area (Å²) in [6, 6.07) is 7.90. The highest BCUT2D eigenvalue weighted by Crippen LogP contribution is 2.35. The van der Waals surface area contributed by atoms with Crippen molar-refractivity contribution in [3.05, 3.63) is 53.5 Å². The summed E-state index contributed by atoms with van der Waals surface area (Å²) in [5, 5.41) is 0. The molecule has 1 fully saturated rings. The Kier molecular flexibility index (Phi) is 6.12. The van der Waals surface area contributed by atoms with Gasteiger partial charge in [-0.2, -0.15) is 0 Å². The molecule has 0 N–H and O–H groups in total. The Bertz CT molecular complexity index is 1120. The number of aryl methyl sites for hydroxylation is 2. The van der Waals surface area contributed by atoms with Crippen molar-refractivity contribution in [2.45, 2.75) is 32.6 Å². The zero-order valence-corrected chi connectivity index (χ0v) is 19.3. The van der Waals surface area contributed by atoms with E-state index in [1.54, 1.807) is 21.0 Å². The van der Waals surface area contributed by atoms with Gasteiger partial charge in [-0.15, -0.1) is 0 Å². The lowest BCUT2D eigenvalue weighted by molar-refractivity contribution is 0.0671. The van der Waals surface area contributed by atoms with Crippen LogP contribution < -0.4 is 9.64 Å². The number of methoxy groups -OCH3 is 1. The number of hydrogen-bond acceptors (Lipinski definition) is 7. The van der Waals surface area contributed by atoms with Crippen molar-refractivity contribution in [3.63, 3.8) is 0 Å². The third kappa shape index (κ3) is 4.30. The van der Waals surface area contributed by atoms with Gasteiger partial charge in [0.1, 0.15) is 5.75 Å². The Labute approximate surface area is 188 Å². The predicted octanol–water partition coefficient (Wildman–Crippen LogP) is 3.84.